The molecule has 2 nitrogen and oxygen atoms in total. The Hall–Kier alpha value is -0.795. The van der Waals surface area contributed by atoms with E-state index < -0.39 is 0 Å². The van der Waals surface area contributed by atoms with Gasteiger partial charge in [0, 0.05) is 0 Å². The van der Waals surface area contributed by atoms with Gasteiger partial charge in [0.1, 0.15) is 0 Å². The fraction of sp³-hybridized carbons (Fsp3) is 0.684. The smallest absolute Gasteiger partial charge is 0.403 e. The fourth-order valence-electron chi connectivity index (χ4n) is 5.07. The molecule has 22 heavy (non-hydrogen) atoms. The highest BCUT2D eigenvalue weighted by molar-refractivity contribution is 6.45. The van der Waals surface area contributed by atoms with Crippen LogP contribution in [0.25, 0.3) is 0 Å². The Labute approximate surface area is 134 Å². The van der Waals surface area contributed by atoms with Crippen molar-refractivity contribution in [1.82, 2.24) is 0 Å². The van der Waals surface area contributed by atoms with Crippen LogP contribution in [-0.2, 0) is 14.7 Å². The van der Waals surface area contributed by atoms with E-state index >= 15 is 0 Å². The molecule has 0 N–H and O–H groups in total. The van der Waals surface area contributed by atoms with Gasteiger partial charge in [-0.15, -0.1) is 0 Å². The number of hydrogen-bond acceptors (Lipinski definition) is 2. The molecule has 118 valence electrons. The topological polar surface area (TPSA) is 18.5 Å². The van der Waals surface area contributed by atoms with Crippen LogP contribution in [0, 0.1) is 12.3 Å². The molecule has 0 spiro atoms. The van der Waals surface area contributed by atoms with Gasteiger partial charge in [-0.3, -0.25) is 0 Å². The third-order valence-electron chi connectivity index (χ3n) is 6.76. The van der Waals surface area contributed by atoms with Crippen molar-refractivity contribution in [2.45, 2.75) is 76.8 Å². The highest BCUT2D eigenvalue weighted by Gasteiger charge is 2.70. The number of benzene rings is 1. The van der Waals surface area contributed by atoms with E-state index in [0.29, 0.717) is 10.8 Å². The summed E-state index contributed by atoms with van der Waals surface area (Å²) < 4.78 is 12.4. The summed E-state index contributed by atoms with van der Waals surface area (Å²) in [6, 6.07) is 8.90. The molecule has 0 unspecified atom stereocenters. The summed E-state index contributed by atoms with van der Waals surface area (Å²) in [4.78, 5) is 0. The van der Waals surface area contributed by atoms with Crippen molar-refractivity contribution in [3.63, 3.8) is 0 Å². The molecule has 0 aromatic heterocycles. The van der Waals surface area contributed by atoms with Gasteiger partial charge >= 0.3 is 7.12 Å². The quantitative estimate of drug-likeness (QED) is 0.764. The normalized spacial score (nSPS) is 37.6. The highest BCUT2D eigenvalue weighted by Crippen LogP contribution is 2.76. The molecule has 0 radical (unpaired) electrons. The second-order valence-electron chi connectivity index (χ2n) is 9.02. The molecule has 3 saturated carbocycles. The van der Waals surface area contributed by atoms with Crippen molar-refractivity contribution in [2.24, 2.45) is 5.41 Å². The maximum atomic E-state index is 6.20. The lowest BCUT2D eigenvalue weighted by molar-refractivity contribution is -0.129. The lowest BCUT2D eigenvalue weighted by atomic mass is 9.30. The van der Waals surface area contributed by atoms with Gasteiger partial charge in [0.15, 0.2) is 0 Å². The Kier molecular flexibility index (Phi) is 2.81. The first-order valence-electron chi connectivity index (χ1n) is 8.59. The Bertz CT molecular complexity index is 584. The number of rotatable bonds is 3. The van der Waals surface area contributed by atoms with Crippen LogP contribution in [0.3, 0.4) is 0 Å². The minimum atomic E-state index is -0.199. The number of aryl methyl sites for hydroxylation is 1. The van der Waals surface area contributed by atoms with E-state index in [1.54, 1.807) is 5.56 Å². The second kappa shape index (κ2) is 4.18. The van der Waals surface area contributed by atoms with E-state index in [0.717, 1.165) is 6.32 Å². The third-order valence-corrected chi connectivity index (χ3v) is 6.76. The van der Waals surface area contributed by atoms with Crippen LogP contribution in [0.5, 0.6) is 0 Å². The first kappa shape index (κ1) is 14.8. The van der Waals surface area contributed by atoms with Gasteiger partial charge in [-0.25, -0.2) is 0 Å². The summed E-state index contributed by atoms with van der Waals surface area (Å²) in [5.74, 6) is 0. The van der Waals surface area contributed by atoms with Gasteiger partial charge in [-0.2, -0.15) is 0 Å². The zero-order chi connectivity index (χ0) is 15.8. The van der Waals surface area contributed by atoms with Gasteiger partial charge in [0.05, 0.1) is 11.2 Å². The van der Waals surface area contributed by atoms with Crippen LogP contribution < -0.4 is 0 Å². The molecule has 4 fully saturated rings. The molecular formula is C19H27BO2. The lowest BCUT2D eigenvalue weighted by Crippen LogP contribution is -2.65. The summed E-state index contributed by atoms with van der Waals surface area (Å²) in [5.41, 5.74) is 3.57. The predicted octanol–water partition coefficient (Wildman–Crippen LogP) is 4.51. The molecule has 1 aromatic rings. The van der Waals surface area contributed by atoms with E-state index in [9.17, 15) is 0 Å². The van der Waals surface area contributed by atoms with Crippen molar-refractivity contribution in [2.75, 3.05) is 0 Å². The van der Waals surface area contributed by atoms with Gasteiger partial charge in [-0.1, -0.05) is 24.3 Å². The minimum Gasteiger partial charge on any atom is -0.403 e. The maximum Gasteiger partial charge on any atom is 0.458 e. The van der Waals surface area contributed by atoms with Crippen molar-refractivity contribution in [1.29, 1.82) is 0 Å². The predicted molar refractivity (Wildman–Crippen MR) is 90.0 cm³/mol. The molecule has 0 atom stereocenters. The average Bonchev–Trinajstić information content (AvgIpc) is 2.52. The minimum absolute atomic E-state index is 0.0276. The zero-order valence-electron chi connectivity index (χ0n) is 14.5. The Morgan fingerprint density at radius 2 is 1.50 bits per heavy atom. The van der Waals surface area contributed by atoms with Crippen molar-refractivity contribution >= 4 is 7.12 Å². The summed E-state index contributed by atoms with van der Waals surface area (Å²) in [6.45, 7) is 10.8. The van der Waals surface area contributed by atoms with E-state index in [2.05, 4.69) is 58.9 Å². The standard InChI is InChI=1S/C19H27BO2/c1-14-8-6-7-9-15(14)19-10-18(11-19,12-19)13-20-21-16(2,3)17(4,5)22-20/h6-9H,10-13H2,1-5H3. The molecule has 1 aliphatic heterocycles. The summed E-state index contributed by atoms with van der Waals surface area (Å²) in [5, 5.41) is 0. The van der Waals surface area contributed by atoms with Crippen LogP contribution in [0.4, 0.5) is 0 Å². The van der Waals surface area contributed by atoms with Crippen LogP contribution in [0.1, 0.15) is 58.1 Å². The van der Waals surface area contributed by atoms with Crippen molar-refractivity contribution in [3.8, 4) is 0 Å². The molecule has 4 aliphatic rings. The van der Waals surface area contributed by atoms with Crippen LogP contribution in [-0.4, -0.2) is 18.3 Å². The summed E-state index contributed by atoms with van der Waals surface area (Å²) in [6.07, 6.45) is 5.01. The molecule has 1 aromatic carbocycles. The van der Waals surface area contributed by atoms with Crippen LogP contribution in [0.15, 0.2) is 24.3 Å². The van der Waals surface area contributed by atoms with Gasteiger partial charge < -0.3 is 9.31 Å². The summed E-state index contributed by atoms with van der Waals surface area (Å²) >= 11 is 0. The third kappa shape index (κ3) is 1.88. The average molecular weight is 298 g/mol. The van der Waals surface area contributed by atoms with E-state index in [-0.39, 0.29) is 18.3 Å². The van der Waals surface area contributed by atoms with Crippen molar-refractivity contribution in [3.05, 3.63) is 35.4 Å². The monoisotopic (exact) mass is 298 g/mol. The first-order chi connectivity index (χ1) is 10.2. The van der Waals surface area contributed by atoms with Gasteiger partial charge in [0.25, 0.3) is 0 Å². The number of hydrogen-bond donors (Lipinski definition) is 0. The molecule has 0 amide bonds. The molecule has 2 bridgehead atoms. The lowest BCUT2D eigenvalue weighted by Gasteiger charge is -2.72. The Balaban J connectivity index is 1.43. The zero-order valence-corrected chi connectivity index (χ0v) is 14.5. The largest absolute Gasteiger partial charge is 0.458 e. The SMILES string of the molecule is Cc1ccccc1C12CC(CB3OC(C)(C)C(C)(C)O3)(C1)C2. The Morgan fingerprint density at radius 1 is 0.955 bits per heavy atom. The molecular weight excluding hydrogens is 271 g/mol. The molecule has 5 rings (SSSR count). The van der Waals surface area contributed by atoms with Gasteiger partial charge in [0.2, 0.25) is 0 Å². The van der Waals surface area contributed by atoms with E-state index in [1.807, 2.05) is 0 Å². The molecule has 3 aliphatic carbocycles. The molecule has 1 heterocycles. The maximum absolute atomic E-state index is 6.20. The first-order valence-corrected chi connectivity index (χ1v) is 8.59. The fourth-order valence-corrected chi connectivity index (χ4v) is 5.07. The molecule has 1 saturated heterocycles. The second-order valence-corrected chi connectivity index (χ2v) is 9.02. The van der Waals surface area contributed by atoms with Crippen LogP contribution in [0.2, 0.25) is 6.32 Å². The van der Waals surface area contributed by atoms with E-state index in [1.165, 1.54) is 24.8 Å². The van der Waals surface area contributed by atoms with Crippen molar-refractivity contribution < 1.29 is 9.31 Å². The Morgan fingerprint density at radius 3 is 2.05 bits per heavy atom. The summed E-state index contributed by atoms with van der Waals surface area (Å²) in [7, 11) is -0.0276. The van der Waals surface area contributed by atoms with Crippen LogP contribution >= 0.6 is 0 Å². The highest BCUT2D eigenvalue weighted by atomic mass is 16.7. The van der Waals surface area contributed by atoms with Gasteiger partial charge in [-0.05, 0) is 82.2 Å². The van der Waals surface area contributed by atoms with E-state index in [4.69, 9.17) is 9.31 Å². The molecule has 3 heteroatoms.